The van der Waals surface area contributed by atoms with Gasteiger partial charge >= 0.3 is 0 Å². The molecular weight excluding hydrogens is 741 g/mol. The summed E-state index contributed by atoms with van der Waals surface area (Å²) >= 11 is 0. The first-order valence-electron chi connectivity index (χ1n) is 16.6. The Balaban J connectivity index is 0.000000224. The van der Waals surface area contributed by atoms with E-state index in [1.54, 1.807) is 0 Å². The van der Waals surface area contributed by atoms with Gasteiger partial charge in [0.05, 0.1) is 8.07 Å². The summed E-state index contributed by atoms with van der Waals surface area (Å²) in [4.78, 5) is 9.04. The molecule has 227 valence electrons. The molecule has 0 aliphatic rings. The molecule has 7 aromatic rings. The molecule has 0 fully saturated rings. The van der Waals surface area contributed by atoms with E-state index in [2.05, 4.69) is 108 Å². The molecule has 0 saturated carbocycles. The fourth-order valence-corrected chi connectivity index (χ4v) is 6.67. The van der Waals surface area contributed by atoms with Gasteiger partial charge in [0.25, 0.3) is 0 Å². The number of aromatic nitrogens is 2. The Labute approximate surface area is 286 Å². The Bertz CT molecular complexity index is 2150. The van der Waals surface area contributed by atoms with Crippen LogP contribution in [-0.4, -0.2) is 18.0 Å². The number of rotatable bonds is 4. The van der Waals surface area contributed by atoms with Crippen LogP contribution in [-0.2, 0) is 20.1 Å². The second-order valence-corrected chi connectivity index (χ2v) is 17.6. The van der Waals surface area contributed by atoms with E-state index in [-0.39, 0.29) is 26.0 Å². The van der Waals surface area contributed by atoms with Gasteiger partial charge in [-0.1, -0.05) is 116 Å². The molecule has 0 saturated heterocycles. The third-order valence-corrected chi connectivity index (χ3v) is 10.2. The molecule has 2 heterocycles. The van der Waals surface area contributed by atoms with E-state index in [1.807, 2.05) is 56.4 Å². The summed E-state index contributed by atoms with van der Waals surface area (Å²) in [6.07, 6.45) is 3.52. The molecule has 0 bridgehead atoms. The van der Waals surface area contributed by atoms with E-state index in [1.165, 1.54) is 32.9 Å². The number of benzene rings is 5. The van der Waals surface area contributed by atoms with Crippen molar-refractivity contribution in [2.24, 2.45) is 0 Å². The van der Waals surface area contributed by atoms with Gasteiger partial charge in [0, 0.05) is 36.6 Å². The SMILES string of the molecule is C[Si](C)(C)c1ccc(-c2[c-]cccc2)nc1.[2H]C([2H])([2H])c1cnc(-c2[c-]cc3c4ccccc4c4ccccc4c3c2)cc1C(C)C.[Ir]. The van der Waals surface area contributed by atoms with Crippen molar-refractivity contribution in [2.45, 2.75) is 46.3 Å². The molecule has 5 aromatic carbocycles. The normalized spacial score (nSPS) is 12.6. The van der Waals surface area contributed by atoms with E-state index in [4.69, 9.17) is 4.11 Å². The van der Waals surface area contributed by atoms with Gasteiger partial charge in [-0.2, -0.15) is 0 Å². The zero-order chi connectivity index (χ0) is 33.3. The second-order valence-electron chi connectivity index (χ2n) is 12.5. The quantitative estimate of drug-likeness (QED) is 0.101. The molecule has 0 amide bonds. The van der Waals surface area contributed by atoms with Crippen molar-refractivity contribution in [3.63, 3.8) is 0 Å². The number of fused-ring (bicyclic) bond motifs is 6. The van der Waals surface area contributed by atoms with E-state index in [0.717, 1.165) is 38.9 Å². The fraction of sp³-hybridized carbons (Fsp3) is 0.171. The molecule has 1 radical (unpaired) electrons. The topological polar surface area (TPSA) is 25.8 Å². The summed E-state index contributed by atoms with van der Waals surface area (Å²) in [5, 5.41) is 8.54. The van der Waals surface area contributed by atoms with Crippen molar-refractivity contribution in [2.75, 3.05) is 0 Å². The third kappa shape index (κ3) is 6.84. The van der Waals surface area contributed by atoms with Crippen molar-refractivity contribution in [1.82, 2.24) is 9.97 Å². The summed E-state index contributed by atoms with van der Waals surface area (Å²) < 4.78 is 23.5. The first kappa shape index (κ1) is 28.5. The Morgan fingerprint density at radius 1 is 0.644 bits per heavy atom. The average molecular weight is 782 g/mol. The smallest absolute Gasteiger partial charge is 0.0795 e. The number of hydrogen-bond acceptors (Lipinski definition) is 2. The van der Waals surface area contributed by atoms with Crippen LogP contribution in [0.5, 0.6) is 0 Å². The van der Waals surface area contributed by atoms with Crippen molar-refractivity contribution in [3.05, 3.63) is 139 Å². The van der Waals surface area contributed by atoms with Gasteiger partial charge in [-0.25, -0.2) is 0 Å². The van der Waals surface area contributed by atoms with Crippen molar-refractivity contribution in [1.29, 1.82) is 0 Å². The molecule has 0 atom stereocenters. The van der Waals surface area contributed by atoms with Crippen LogP contribution < -0.4 is 5.19 Å². The predicted molar refractivity (Wildman–Crippen MR) is 191 cm³/mol. The molecule has 45 heavy (non-hydrogen) atoms. The molecule has 0 unspecified atom stereocenters. The van der Waals surface area contributed by atoms with E-state index < -0.39 is 14.9 Å². The maximum absolute atomic E-state index is 7.84. The van der Waals surface area contributed by atoms with Crippen molar-refractivity contribution < 1.29 is 24.2 Å². The minimum atomic E-state index is -2.17. The van der Waals surface area contributed by atoms with E-state index in [9.17, 15) is 0 Å². The maximum atomic E-state index is 7.84. The standard InChI is InChI=1S/C27H22N.C14H16NSi.Ir/c1-17(2)25-15-27(28-16-18(25)3)19-12-13-24-22-10-5-4-8-20(22)21-9-6-7-11-23(21)26(24)14-19;1-16(2,3)13-9-10-14(15-11-13)12-7-5-4-6-8-12;/h4-11,13-17H,1-3H3;4-7,9-11H,1-3H3;/q2*-1;/i3D3;;. The van der Waals surface area contributed by atoms with Crippen LogP contribution in [0.2, 0.25) is 19.6 Å². The molecule has 0 N–H and O–H groups in total. The molecule has 2 aromatic heterocycles. The summed E-state index contributed by atoms with van der Waals surface area (Å²) in [6, 6.07) is 41.8. The molecular formula is C41H38IrN2Si-2. The Morgan fingerprint density at radius 2 is 1.27 bits per heavy atom. The van der Waals surface area contributed by atoms with Crippen LogP contribution in [0.4, 0.5) is 0 Å². The van der Waals surface area contributed by atoms with Gasteiger partial charge in [0.15, 0.2) is 0 Å². The van der Waals surface area contributed by atoms with Crippen LogP contribution in [0.3, 0.4) is 0 Å². The van der Waals surface area contributed by atoms with E-state index >= 15 is 0 Å². The number of aryl methyl sites for hydroxylation is 1. The monoisotopic (exact) mass is 782 g/mol. The van der Waals surface area contributed by atoms with Crippen molar-refractivity contribution >= 4 is 45.6 Å². The van der Waals surface area contributed by atoms with Crippen molar-refractivity contribution in [3.8, 4) is 22.5 Å². The maximum Gasteiger partial charge on any atom is 0.0795 e. The summed E-state index contributed by atoms with van der Waals surface area (Å²) in [7, 11) is -1.23. The minimum Gasteiger partial charge on any atom is -0.305 e. The molecule has 0 aliphatic heterocycles. The first-order chi connectivity index (χ1) is 22.4. The molecule has 0 spiro atoms. The van der Waals surface area contributed by atoms with Crippen LogP contribution in [0, 0.1) is 19.0 Å². The molecule has 4 heteroatoms. The fourth-order valence-electron chi connectivity index (χ4n) is 5.64. The van der Waals surface area contributed by atoms with Crippen LogP contribution in [0.25, 0.3) is 54.8 Å². The molecule has 0 aliphatic carbocycles. The van der Waals surface area contributed by atoms with Gasteiger partial charge in [0.2, 0.25) is 0 Å². The van der Waals surface area contributed by atoms with Crippen LogP contribution >= 0.6 is 0 Å². The van der Waals surface area contributed by atoms with Gasteiger partial charge in [0.1, 0.15) is 0 Å². The van der Waals surface area contributed by atoms with Gasteiger partial charge in [-0.15, -0.1) is 59.7 Å². The summed E-state index contributed by atoms with van der Waals surface area (Å²) in [5.74, 6) is 0.0856. The number of hydrogen-bond donors (Lipinski definition) is 0. The zero-order valence-corrected chi connectivity index (χ0v) is 29.7. The Hall–Kier alpha value is -3.95. The largest absolute Gasteiger partial charge is 0.305 e. The number of nitrogens with zero attached hydrogens (tertiary/aromatic N) is 2. The molecule has 2 nitrogen and oxygen atoms in total. The minimum absolute atomic E-state index is 0. The Kier molecular flexibility index (Phi) is 8.61. The Morgan fingerprint density at radius 3 is 1.82 bits per heavy atom. The zero-order valence-electron chi connectivity index (χ0n) is 29.3. The van der Waals surface area contributed by atoms with Crippen LogP contribution in [0.1, 0.15) is 35.0 Å². The predicted octanol–water partition coefficient (Wildman–Crippen LogP) is 10.5. The average Bonchev–Trinajstić information content (AvgIpc) is 3.08. The number of pyridine rings is 2. The summed E-state index contributed by atoms with van der Waals surface area (Å²) in [5.41, 5.74) is 4.81. The molecule has 7 rings (SSSR count). The second kappa shape index (κ2) is 13.6. The third-order valence-electron chi connectivity index (χ3n) is 8.12. The first-order valence-corrected chi connectivity index (χ1v) is 18.6. The van der Waals surface area contributed by atoms with Crippen LogP contribution in [0.15, 0.2) is 116 Å². The van der Waals surface area contributed by atoms with Gasteiger partial charge in [-0.05, 0) is 56.6 Å². The van der Waals surface area contributed by atoms with Gasteiger partial charge < -0.3 is 9.97 Å². The summed E-state index contributed by atoms with van der Waals surface area (Å²) in [6.45, 7) is 8.85. The van der Waals surface area contributed by atoms with Gasteiger partial charge in [-0.3, -0.25) is 0 Å². The van der Waals surface area contributed by atoms with E-state index in [0.29, 0.717) is 5.56 Å².